The molecular weight excluding hydrogens is 226 g/mol. The van der Waals surface area contributed by atoms with E-state index in [0.717, 1.165) is 29.0 Å². The minimum atomic E-state index is 0.600. The molecule has 2 rings (SSSR count). The molecule has 1 heterocycles. The number of benzene rings is 1. The van der Waals surface area contributed by atoms with Gasteiger partial charge in [-0.3, -0.25) is 5.10 Å². The number of aromatic amines is 1. The van der Waals surface area contributed by atoms with Crippen LogP contribution >= 0.6 is 0 Å². The van der Waals surface area contributed by atoms with Crippen molar-refractivity contribution in [2.24, 2.45) is 5.73 Å². The predicted octanol–water partition coefficient (Wildman–Crippen LogP) is 2.20. The molecule has 2 aromatic rings. The van der Waals surface area contributed by atoms with Gasteiger partial charge in [0.2, 0.25) is 0 Å². The molecule has 0 atom stereocenters. The van der Waals surface area contributed by atoms with Crippen LogP contribution in [0.2, 0.25) is 0 Å². The quantitative estimate of drug-likeness (QED) is 0.868. The molecule has 0 aliphatic carbocycles. The maximum Gasteiger partial charge on any atom is 0.127 e. The number of H-pyrrole nitrogens is 1. The van der Waals surface area contributed by atoms with Gasteiger partial charge in [0.25, 0.3) is 0 Å². The van der Waals surface area contributed by atoms with Crippen LogP contribution in [0, 0.1) is 13.8 Å². The molecule has 0 fully saturated rings. The molecule has 18 heavy (non-hydrogen) atoms. The molecule has 96 valence electrons. The van der Waals surface area contributed by atoms with Crippen LogP contribution in [0.4, 0.5) is 0 Å². The number of nitrogens with zero attached hydrogens (tertiary/aromatic N) is 1. The molecule has 0 saturated heterocycles. The normalized spacial score (nSPS) is 10.7. The lowest BCUT2D eigenvalue weighted by molar-refractivity contribution is 0.416. The summed E-state index contributed by atoms with van der Waals surface area (Å²) in [5, 5.41) is 7.13. The van der Waals surface area contributed by atoms with Crippen LogP contribution in [-0.2, 0) is 6.42 Å². The summed E-state index contributed by atoms with van der Waals surface area (Å²) in [6.45, 7) is 4.75. The summed E-state index contributed by atoms with van der Waals surface area (Å²) in [4.78, 5) is 0. The van der Waals surface area contributed by atoms with Gasteiger partial charge < -0.3 is 10.5 Å². The first-order chi connectivity index (χ1) is 8.67. The van der Waals surface area contributed by atoms with Crippen LogP contribution in [0.3, 0.4) is 0 Å². The number of aryl methyl sites for hydroxylation is 2. The Labute approximate surface area is 107 Å². The Morgan fingerprint density at radius 3 is 2.78 bits per heavy atom. The third-order valence-corrected chi connectivity index (χ3v) is 3.05. The summed E-state index contributed by atoms with van der Waals surface area (Å²) in [6.07, 6.45) is 2.62. The third-order valence-electron chi connectivity index (χ3n) is 3.05. The first-order valence-corrected chi connectivity index (χ1v) is 6.05. The fourth-order valence-electron chi connectivity index (χ4n) is 2.30. The molecule has 0 amide bonds. The van der Waals surface area contributed by atoms with Crippen molar-refractivity contribution in [1.82, 2.24) is 10.2 Å². The largest absolute Gasteiger partial charge is 0.496 e. The highest BCUT2D eigenvalue weighted by Crippen LogP contribution is 2.35. The Balaban J connectivity index is 2.59. The first-order valence-electron chi connectivity index (χ1n) is 6.05. The van der Waals surface area contributed by atoms with E-state index >= 15 is 0 Å². The number of nitrogens with two attached hydrogens (primary N) is 1. The SMILES string of the molecule is COc1cc(C)cc(C)c1-c1cn[nH]c1CCN. The zero-order valence-corrected chi connectivity index (χ0v) is 11.1. The molecule has 0 unspecified atom stereocenters. The average Bonchev–Trinajstić information content (AvgIpc) is 2.76. The van der Waals surface area contributed by atoms with E-state index in [4.69, 9.17) is 10.5 Å². The summed E-state index contributed by atoms with van der Waals surface area (Å²) in [5.41, 5.74) is 11.2. The summed E-state index contributed by atoms with van der Waals surface area (Å²) in [6, 6.07) is 4.19. The molecule has 0 radical (unpaired) electrons. The summed E-state index contributed by atoms with van der Waals surface area (Å²) in [7, 11) is 1.69. The molecule has 4 heteroatoms. The lowest BCUT2D eigenvalue weighted by Crippen LogP contribution is -2.04. The topological polar surface area (TPSA) is 63.9 Å². The lowest BCUT2D eigenvalue weighted by atomic mass is 9.97. The van der Waals surface area contributed by atoms with Gasteiger partial charge in [-0.25, -0.2) is 0 Å². The maximum atomic E-state index is 5.62. The number of nitrogens with one attached hydrogen (secondary N) is 1. The van der Waals surface area contributed by atoms with Crippen LogP contribution in [0.15, 0.2) is 18.3 Å². The molecule has 0 bridgehead atoms. The van der Waals surface area contributed by atoms with Crippen molar-refractivity contribution in [3.05, 3.63) is 35.2 Å². The number of methoxy groups -OCH3 is 1. The molecule has 0 aliphatic heterocycles. The Hall–Kier alpha value is -1.81. The fraction of sp³-hybridized carbons (Fsp3) is 0.357. The van der Waals surface area contributed by atoms with Crippen molar-refractivity contribution in [3.8, 4) is 16.9 Å². The van der Waals surface area contributed by atoms with Crippen molar-refractivity contribution in [2.45, 2.75) is 20.3 Å². The Morgan fingerprint density at radius 1 is 1.33 bits per heavy atom. The highest BCUT2D eigenvalue weighted by Gasteiger charge is 2.15. The predicted molar refractivity (Wildman–Crippen MR) is 72.8 cm³/mol. The van der Waals surface area contributed by atoms with Gasteiger partial charge >= 0.3 is 0 Å². The van der Waals surface area contributed by atoms with E-state index in [0.29, 0.717) is 6.54 Å². The maximum absolute atomic E-state index is 5.62. The molecule has 0 saturated carbocycles. The van der Waals surface area contributed by atoms with Gasteiger partial charge in [-0.05, 0) is 37.6 Å². The van der Waals surface area contributed by atoms with E-state index in [1.165, 1.54) is 11.1 Å². The molecule has 4 nitrogen and oxygen atoms in total. The van der Waals surface area contributed by atoms with Gasteiger partial charge in [0.15, 0.2) is 0 Å². The van der Waals surface area contributed by atoms with Crippen LogP contribution in [0.25, 0.3) is 11.1 Å². The Bertz CT molecular complexity index is 546. The molecule has 0 aliphatic rings. The van der Waals surface area contributed by atoms with Crippen molar-refractivity contribution >= 4 is 0 Å². The molecule has 1 aromatic carbocycles. The van der Waals surface area contributed by atoms with Crippen LogP contribution in [0.5, 0.6) is 5.75 Å². The highest BCUT2D eigenvalue weighted by molar-refractivity contribution is 5.75. The van der Waals surface area contributed by atoms with E-state index < -0.39 is 0 Å². The van der Waals surface area contributed by atoms with Gasteiger partial charge in [0, 0.05) is 23.2 Å². The van der Waals surface area contributed by atoms with E-state index in [-0.39, 0.29) is 0 Å². The van der Waals surface area contributed by atoms with Gasteiger partial charge in [-0.2, -0.15) is 5.10 Å². The zero-order chi connectivity index (χ0) is 13.1. The Kier molecular flexibility index (Phi) is 3.67. The smallest absolute Gasteiger partial charge is 0.127 e. The van der Waals surface area contributed by atoms with Gasteiger partial charge in [0.05, 0.1) is 13.3 Å². The van der Waals surface area contributed by atoms with Crippen molar-refractivity contribution in [1.29, 1.82) is 0 Å². The van der Waals surface area contributed by atoms with Crippen molar-refractivity contribution in [3.63, 3.8) is 0 Å². The molecule has 1 aromatic heterocycles. The standard InChI is InChI=1S/C14H19N3O/c1-9-6-10(2)14(13(7-9)18-3)11-8-16-17-12(11)4-5-15/h6-8H,4-5,15H2,1-3H3,(H,16,17). The van der Waals surface area contributed by atoms with E-state index in [9.17, 15) is 0 Å². The summed E-state index contributed by atoms with van der Waals surface area (Å²) < 4.78 is 5.49. The van der Waals surface area contributed by atoms with E-state index in [2.05, 4.69) is 30.1 Å². The number of rotatable bonds is 4. The first kappa shape index (κ1) is 12.6. The second-order valence-electron chi connectivity index (χ2n) is 4.46. The van der Waals surface area contributed by atoms with Crippen LogP contribution in [0.1, 0.15) is 16.8 Å². The summed E-state index contributed by atoms with van der Waals surface area (Å²) >= 11 is 0. The van der Waals surface area contributed by atoms with E-state index in [1.54, 1.807) is 7.11 Å². The van der Waals surface area contributed by atoms with Crippen LogP contribution in [-0.4, -0.2) is 23.9 Å². The molecular formula is C14H19N3O. The minimum absolute atomic E-state index is 0.600. The van der Waals surface area contributed by atoms with Gasteiger partial charge in [-0.1, -0.05) is 6.07 Å². The molecule has 3 N–H and O–H groups in total. The number of hydrogen-bond acceptors (Lipinski definition) is 3. The third kappa shape index (κ3) is 2.24. The average molecular weight is 245 g/mol. The highest BCUT2D eigenvalue weighted by atomic mass is 16.5. The van der Waals surface area contributed by atoms with Gasteiger partial charge in [-0.15, -0.1) is 0 Å². The lowest BCUT2D eigenvalue weighted by Gasteiger charge is -2.13. The van der Waals surface area contributed by atoms with Crippen molar-refractivity contribution in [2.75, 3.05) is 13.7 Å². The molecule has 0 spiro atoms. The Morgan fingerprint density at radius 2 is 2.11 bits per heavy atom. The fourth-order valence-corrected chi connectivity index (χ4v) is 2.30. The van der Waals surface area contributed by atoms with E-state index in [1.807, 2.05) is 12.3 Å². The summed E-state index contributed by atoms with van der Waals surface area (Å²) in [5.74, 6) is 0.882. The number of ether oxygens (including phenoxy) is 1. The monoisotopic (exact) mass is 245 g/mol. The second-order valence-corrected chi connectivity index (χ2v) is 4.46. The number of aromatic nitrogens is 2. The van der Waals surface area contributed by atoms with Gasteiger partial charge in [0.1, 0.15) is 5.75 Å². The number of hydrogen-bond donors (Lipinski definition) is 2. The minimum Gasteiger partial charge on any atom is -0.496 e. The van der Waals surface area contributed by atoms with Crippen LogP contribution < -0.4 is 10.5 Å². The zero-order valence-electron chi connectivity index (χ0n) is 11.1. The second kappa shape index (κ2) is 5.23. The van der Waals surface area contributed by atoms with Crippen molar-refractivity contribution < 1.29 is 4.74 Å².